The van der Waals surface area contributed by atoms with Crippen LogP contribution in [-0.2, 0) is 10.0 Å². The van der Waals surface area contributed by atoms with Crippen LogP contribution in [0.1, 0.15) is 21.5 Å². The molecular weight excluding hydrogens is 476 g/mol. The number of nitrogens with one attached hydrogen (secondary N) is 2. The van der Waals surface area contributed by atoms with Crippen LogP contribution in [-0.4, -0.2) is 14.3 Å². The number of amides is 1. The van der Waals surface area contributed by atoms with Crippen molar-refractivity contribution in [2.24, 2.45) is 0 Å². The van der Waals surface area contributed by atoms with Crippen molar-refractivity contribution in [1.29, 1.82) is 0 Å². The van der Waals surface area contributed by atoms with Gasteiger partial charge in [0.25, 0.3) is 15.9 Å². The SMILES string of the molecule is Cc1ccc(C)c(NS(=O)(=O)c2cc(C(=O)Nc3cccc(Br)c3)ccc2Cl)c1. The van der Waals surface area contributed by atoms with Gasteiger partial charge in [0, 0.05) is 15.7 Å². The molecule has 0 aliphatic carbocycles. The zero-order valence-corrected chi connectivity index (χ0v) is 18.8. The van der Waals surface area contributed by atoms with Crippen molar-refractivity contribution < 1.29 is 13.2 Å². The fourth-order valence-electron chi connectivity index (χ4n) is 2.67. The van der Waals surface area contributed by atoms with E-state index in [2.05, 4.69) is 26.0 Å². The highest BCUT2D eigenvalue weighted by Crippen LogP contribution is 2.27. The van der Waals surface area contributed by atoms with Crippen molar-refractivity contribution in [3.05, 3.63) is 86.8 Å². The van der Waals surface area contributed by atoms with Gasteiger partial charge in [-0.05, 0) is 67.4 Å². The molecule has 0 atom stereocenters. The lowest BCUT2D eigenvalue weighted by Crippen LogP contribution is -2.17. The average molecular weight is 494 g/mol. The number of carbonyl (C=O) groups excluding carboxylic acids is 1. The zero-order valence-electron chi connectivity index (χ0n) is 15.7. The summed E-state index contributed by atoms with van der Waals surface area (Å²) in [6, 6.07) is 16.7. The van der Waals surface area contributed by atoms with E-state index in [-0.39, 0.29) is 15.5 Å². The van der Waals surface area contributed by atoms with E-state index in [1.54, 1.807) is 31.2 Å². The molecule has 8 heteroatoms. The number of anilines is 2. The van der Waals surface area contributed by atoms with Crippen LogP contribution in [0.25, 0.3) is 0 Å². The quantitative estimate of drug-likeness (QED) is 0.473. The van der Waals surface area contributed by atoms with E-state index in [4.69, 9.17) is 11.6 Å². The molecule has 0 bridgehead atoms. The van der Waals surface area contributed by atoms with Crippen molar-refractivity contribution in [2.75, 3.05) is 10.0 Å². The molecule has 1 amide bonds. The number of aryl methyl sites for hydroxylation is 2. The molecule has 150 valence electrons. The van der Waals surface area contributed by atoms with E-state index in [0.717, 1.165) is 15.6 Å². The fraction of sp³-hybridized carbons (Fsp3) is 0.0952. The highest BCUT2D eigenvalue weighted by atomic mass is 79.9. The summed E-state index contributed by atoms with van der Waals surface area (Å²) in [5.41, 5.74) is 2.92. The first-order valence-corrected chi connectivity index (χ1v) is 11.3. The Morgan fingerprint density at radius 2 is 1.76 bits per heavy atom. The standard InChI is InChI=1S/C21H18BrClN2O3S/c1-13-6-7-14(2)19(10-13)25-29(27,28)20-11-15(8-9-18(20)23)21(26)24-17-5-3-4-16(22)12-17/h3-12,25H,1-2H3,(H,24,26). The van der Waals surface area contributed by atoms with Crippen molar-refractivity contribution in [1.82, 2.24) is 0 Å². The summed E-state index contributed by atoms with van der Waals surface area (Å²) in [4.78, 5) is 12.4. The average Bonchev–Trinajstić information content (AvgIpc) is 2.64. The summed E-state index contributed by atoms with van der Waals surface area (Å²) in [5, 5.41) is 2.77. The summed E-state index contributed by atoms with van der Waals surface area (Å²) in [5.74, 6) is -0.442. The Hall–Kier alpha value is -2.35. The van der Waals surface area contributed by atoms with Crippen LogP contribution in [0.4, 0.5) is 11.4 Å². The van der Waals surface area contributed by atoms with Crippen molar-refractivity contribution in [3.63, 3.8) is 0 Å². The maximum atomic E-state index is 12.9. The minimum absolute atomic E-state index is 0.0295. The van der Waals surface area contributed by atoms with Crippen LogP contribution in [0.3, 0.4) is 0 Å². The Balaban J connectivity index is 1.91. The van der Waals surface area contributed by atoms with E-state index in [1.165, 1.54) is 18.2 Å². The maximum absolute atomic E-state index is 12.9. The molecule has 5 nitrogen and oxygen atoms in total. The smallest absolute Gasteiger partial charge is 0.263 e. The molecule has 3 aromatic rings. The second-order valence-corrected chi connectivity index (χ2v) is 9.51. The lowest BCUT2D eigenvalue weighted by Gasteiger charge is -2.13. The van der Waals surface area contributed by atoms with Crippen molar-refractivity contribution in [2.45, 2.75) is 18.7 Å². The van der Waals surface area contributed by atoms with Crippen molar-refractivity contribution in [3.8, 4) is 0 Å². The number of halogens is 2. The second-order valence-electron chi connectivity index (χ2n) is 6.53. The van der Waals surface area contributed by atoms with Crippen LogP contribution in [0.15, 0.2) is 70.0 Å². The molecule has 2 N–H and O–H groups in total. The summed E-state index contributed by atoms with van der Waals surface area (Å²) in [6.07, 6.45) is 0. The van der Waals surface area contributed by atoms with Gasteiger partial charge in [-0.15, -0.1) is 0 Å². The lowest BCUT2D eigenvalue weighted by atomic mass is 10.1. The summed E-state index contributed by atoms with van der Waals surface area (Å²) >= 11 is 9.49. The highest BCUT2D eigenvalue weighted by molar-refractivity contribution is 9.10. The summed E-state index contributed by atoms with van der Waals surface area (Å²) in [7, 11) is -3.99. The van der Waals surface area contributed by atoms with E-state index in [1.807, 2.05) is 25.1 Å². The first-order valence-electron chi connectivity index (χ1n) is 8.62. The molecule has 0 heterocycles. The van der Waals surface area contributed by atoms with Gasteiger partial charge in [-0.2, -0.15) is 0 Å². The molecule has 3 rings (SSSR count). The Morgan fingerprint density at radius 1 is 1.00 bits per heavy atom. The molecule has 3 aromatic carbocycles. The molecule has 0 radical (unpaired) electrons. The third kappa shape index (κ3) is 5.18. The van der Waals surface area contributed by atoms with Gasteiger partial charge in [0.2, 0.25) is 0 Å². The molecule has 0 saturated heterocycles. The summed E-state index contributed by atoms with van der Waals surface area (Å²) < 4.78 is 29.2. The van der Waals surface area contributed by atoms with Gasteiger partial charge >= 0.3 is 0 Å². The van der Waals surface area contributed by atoms with Crippen molar-refractivity contribution >= 4 is 54.8 Å². The first-order chi connectivity index (χ1) is 13.7. The molecule has 29 heavy (non-hydrogen) atoms. The number of hydrogen-bond donors (Lipinski definition) is 2. The third-order valence-corrected chi connectivity index (χ3v) is 6.54. The predicted molar refractivity (Wildman–Crippen MR) is 120 cm³/mol. The van der Waals surface area contributed by atoms with Crippen LogP contribution < -0.4 is 10.0 Å². The number of sulfonamides is 1. The van der Waals surface area contributed by atoms with Gasteiger partial charge in [-0.3, -0.25) is 9.52 Å². The minimum atomic E-state index is -3.99. The molecular formula is C21H18BrClN2O3S. The first kappa shape index (κ1) is 21.4. The van der Waals surface area contributed by atoms with Crippen LogP contribution >= 0.6 is 27.5 Å². The molecule has 0 aliphatic rings. The topological polar surface area (TPSA) is 75.3 Å². The van der Waals surface area contributed by atoms with Gasteiger partial charge in [0.15, 0.2) is 0 Å². The Morgan fingerprint density at radius 3 is 2.48 bits per heavy atom. The monoisotopic (exact) mass is 492 g/mol. The highest BCUT2D eigenvalue weighted by Gasteiger charge is 2.21. The predicted octanol–water partition coefficient (Wildman–Crippen LogP) is 5.77. The number of benzene rings is 3. The van der Waals surface area contributed by atoms with Gasteiger partial charge in [-0.1, -0.05) is 45.7 Å². The van der Waals surface area contributed by atoms with Gasteiger partial charge in [-0.25, -0.2) is 8.42 Å². The van der Waals surface area contributed by atoms with Gasteiger partial charge < -0.3 is 5.32 Å². The Kier molecular flexibility index (Phi) is 6.31. The zero-order chi connectivity index (χ0) is 21.2. The normalized spacial score (nSPS) is 11.2. The van der Waals surface area contributed by atoms with E-state index in [9.17, 15) is 13.2 Å². The van der Waals surface area contributed by atoms with Crippen LogP contribution in [0.2, 0.25) is 5.02 Å². The van der Waals surface area contributed by atoms with Crippen LogP contribution in [0, 0.1) is 13.8 Å². The molecule has 0 saturated carbocycles. The Bertz CT molecular complexity index is 1200. The molecule has 0 aliphatic heterocycles. The van der Waals surface area contributed by atoms with E-state index < -0.39 is 15.9 Å². The number of hydrogen-bond acceptors (Lipinski definition) is 3. The molecule has 0 aromatic heterocycles. The second kappa shape index (κ2) is 8.57. The molecule has 0 unspecified atom stereocenters. The maximum Gasteiger partial charge on any atom is 0.263 e. The van der Waals surface area contributed by atoms with Gasteiger partial charge in [0.05, 0.1) is 10.7 Å². The number of carbonyl (C=O) groups is 1. The summed E-state index contributed by atoms with van der Waals surface area (Å²) in [6.45, 7) is 3.68. The molecule has 0 spiro atoms. The lowest BCUT2D eigenvalue weighted by molar-refractivity contribution is 0.102. The number of rotatable bonds is 5. The largest absolute Gasteiger partial charge is 0.322 e. The molecule has 0 fully saturated rings. The Labute approximate surface area is 183 Å². The third-order valence-electron chi connectivity index (χ3n) is 4.20. The van der Waals surface area contributed by atoms with E-state index >= 15 is 0 Å². The van der Waals surface area contributed by atoms with E-state index in [0.29, 0.717) is 11.4 Å². The van der Waals surface area contributed by atoms with Crippen LogP contribution in [0.5, 0.6) is 0 Å². The minimum Gasteiger partial charge on any atom is -0.322 e. The van der Waals surface area contributed by atoms with Gasteiger partial charge in [0.1, 0.15) is 4.90 Å². The fourth-order valence-corrected chi connectivity index (χ4v) is 4.71.